The Labute approximate surface area is 132 Å². The van der Waals surface area contributed by atoms with Crippen LogP contribution >= 0.6 is 0 Å². The lowest BCUT2D eigenvalue weighted by atomic mass is 10.1. The third-order valence-corrected chi connectivity index (χ3v) is 3.48. The number of nitro groups is 1. The van der Waals surface area contributed by atoms with Crippen LogP contribution in [-0.2, 0) is 0 Å². The van der Waals surface area contributed by atoms with Gasteiger partial charge < -0.3 is 10.4 Å². The van der Waals surface area contributed by atoms with Gasteiger partial charge in [-0.3, -0.25) is 14.9 Å². The van der Waals surface area contributed by atoms with E-state index in [2.05, 4.69) is 10.4 Å². The van der Waals surface area contributed by atoms with Crippen LogP contribution in [0, 0.1) is 10.1 Å². The molecule has 23 heavy (non-hydrogen) atoms. The van der Waals surface area contributed by atoms with Gasteiger partial charge in [0.05, 0.1) is 22.4 Å². The van der Waals surface area contributed by atoms with Crippen LogP contribution < -0.4 is 5.32 Å². The summed E-state index contributed by atoms with van der Waals surface area (Å²) in [6.07, 6.45) is 4.21. The Morgan fingerprint density at radius 3 is 2.70 bits per heavy atom. The van der Waals surface area contributed by atoms with Crippen molar-refractivity contribution < 1.29 is 14.8 Å². The van der Waals surface area contributed by atoms with E-state index < -0.39 is 4.92 Å². The van der Waals surface area contributed by atoms with Crippen LogP contribution in [0.1, 0.15) is 30.1 Å². The van der Waals surface area contributed by atoms with Gasteiger partial charge in [0, 0.05) is 31.0 Å². The van der Waals surface area contributed by atoms with E-state index >= 15 is 0 Å². The van der Waals surface area contributed by atoms with Gasteiger partial charge in [0.2, 0.25) is 0 Å². The molecule has 0 aliphatic heterocycles. The van der Waals surface area contributed by atoms with E-state index in [9.17, 15) is 14.9 Å². The first-order valence-corrected chi connectivity index (χ1v) is 7.26. The molecule has 0 radical (unpaired) electrons. The minimum atomic E-state index is -0.474. The maximum Gasteiger partial charge on any atom is 0.269 e. The minimum absolute atomic E-state index is 0.00587. The van der Waals surface area contributed by atoms with E-state index in [0.717, 1.165) is 6.42 Å². The molecule has 1 unspecified atom stereocenters. The van der Waals surface area contributed by atoms with Crippen molar-refractivity contribution >= 4 is 11.6 Å². The molecule has 2 N–H and O–H groups in total. The van der Waals surface area contributed by atoms with E-state index in [4.69, 9.17) is 5.11 Å². The van der Waals surface area contributed by atoms with Crippen LogP contribution in [0.4, 0.5) is 5.69 Å². The number of nitro benzene ring substituents is 1. The lowest BCUT2D eigenvalue weighted by Gasteiger charge is -2.14. The molecule has 8 nitrogen and oxygen atoms in total. The molecule has 0 aliphatic carbocycles. The van der Waals surface area contributed by atoms with Crippen LogP contribution in [0.25, 0.3) is 5.69 Å². The van der Waals surface area contributed by atoms with Crippen molar-refractivity contribution in [1.29, 1.82) is 0 Å². The maximum absolute atomic E-state index is 12.1. The van der Waals surface area contributed by atoms with Gasteiger partial charge in [0.1, 0.15) is 0 Å². The molecular formula is C15H18N4O4. The smallest absolute Gasteiger partial charge is 0.269 e. The third kappa shape index (κ3) is 4.13. The molecule has 1 heterocycles. The molecular weight excluding hydrogens is 300 g/mol. The molecule has 1 aromatic carbocycles. The Kier molecular flexibility index (Phi) is 5.42. The Balaban J connectivity index is 2.10. The standard InChI is InChI=1S/C15H18N4O4/c1-2-12(7-8-20)17-15(21)11-9-16-18(10-11)13-3-5-14(6-4-13)19(22)23/h3-6,9-10,12,20H,2,7-8H2,1H3,(H,17,21). The number of carbonyl (C=O) groups excluding carboxylic acids is 1. The summed E-state index contributed by atoms with van der Waals surface area (Å²) in [4.78, 5) is 22.3. The third-order valence-electron chi connectivity index (χ3n) is 3.48. The number of nitrogens with one attached hydrogen (secondary N) is 1. The minimum Gasteiger partial charge on any atom is -0.396 e. The fourth-order valence-corrected chi connectivity index (χ4v) is 2.11. The predicted octanol–water partition coefficient (Wildman–Crippen LogP) is 1.67. The topological polar surface area (TPSA) is 110 Å². The summed E-state index contributed by atoms with van der Waals surface area (Å²) in [5.74, 6) is -0.265. The molecule has 122 valence electrons. The first kappa shape index (κ1) is 16.6. The molecule has 1 amide bonds. The lowest BCUT2D eigenvalue weighted by Crippen LogP contribution is -2.34. The quantitative estimate of drug-likeness (QED) is 0.596. The zero-order valence-corrected chi connectivity index (χ0v) is 12.7. The highest BCUT2D eigenvalue weighted by Gasteiger charge is 2.14. The number of aliphatic hydroxyl groups excluding tert-OH is 1. The SMILES string of the molecule is CCC(CCO)NC(=O)c1cnn(-c2ccc([N+](=O)[O-])cc2)c1. The number of amides is 1. The average Bonchev–Trinajstić information content (AvgIpc) is 3.04. The monoisotopic (exact) mass is 318 g/mol. The Bertz CT molecular complexity index is 681. The Morgan fingerprint density at radius 2 is 2.13 bits per heavy atom. The summed E-state index contributed by atoms with van der Waals surface area (Å²) in [6, 6.07) is 5.80. The van der Waals surface area contributed by atoms with Gasteiger partial charge in [-0.1, -0.05) is 6.92 Å². The number of aromatic nitrogens is 2. The zero-order valence-electron chi connectivity index (χ0n) is 12.7. The lowest BCUT2D eigenvalue weighted by molar-refractivity contribution is -0.384. The molecule has 2 rings (SSSR count). The highest BCUT2D eigenvalue weighted by Crippen LogP contribution is 2.15. The second-order valence-electron chi connectivity index (χ2n) is 5.04. The van der Waals surface area contributed by atoms with Gasteiger partial charge in [-0.15, -0.1) is 0 Å². The van der Waals surface area contributed by atoms with Gasteiger partial charge in [0.15, 0.2) is 0 Å². The van der Waals surface area contributed by atoms with Crippen molar-refractivity contribution in [3.05, 3.63) is 52.3 Å². The van der Waals surface area contributed by atoms with Crippen molar-refractivity contribution in [2.24, 2.45) is 0 Å². The highest BCUT2D eigenvalue weighted by atomic mass is 16.6. The molecule has 8 heteroatoms. The maximum atomic E-state index is 12.1. The normalized spacial score (nSPS) is 11.9. The fourth-order valence-electron chi connectivity index (χ4n) is 2.11. The van der Waals surface area contributed by atoms with Gasteiger partial charge in [0.25, 0.3) is 11.6 Å². The summed E-state index contributed by atoms with van der Waals surface area (Å²) in [5, 5.41) is 26.5. The second kappa shape index (κ2) is 7.50. The Morgan fingerprint density at radius 1 is 1.43 bits per heavy atom. The number of carbonyl (C=O) groups is 1. The molecule has 1 aromatic heterocycles. The number of aliphatic hydroxyl groups is 1. The van der Waals surface area contributed by atoms with Crippen molar-refractivity contribution in [2.45, 2.75) is 25.8 Å². The molecule has 0 aliphatic rings. The van der Waals surface area contributed by atoms with Crippen LogP contribution in [0.2, 0.25) is 0 Å². The van der Waals surface area contributed by atoms with E-state index in [0.29, 0.717) is 17.7 Å². The van der Waals surface area contributed by atoms with Gasteiger partial charge >= 0.3 is 0 Å². The highest BCUT2D eigenvalue weighted by molar-refractivity contribution is 5.94. The number of hydrogen-bond acceptors (Lipinski definition) is 5. The van der Waals surface area contributed by atoms with Crippen molar-refractivity contribution in [3.8, 4) is 5.69 Å². The van der Waals surface area contributed by atoms with Gasteiger partial charge in [-0.2, -0.15) is 5.10 Å². The summed E-state index contributed by atoms with van der Waals surface area (Å²) in [5.41, 5.74) is 1.01. The Hall–Kier alpha value is -2.74. The molecule has 0 spiro atoms. The van der Waals surface area contributed by atoms with E-state index in [1.165, 1.54) is 23.0 Å². The van der Waals surface area contributed by atoms with Gasteiger partial charge in [-0.25, -0.2) is 4.68 Å². The van der Waals surface area contributed by atoms with Crippen LogP contribution in [-0.4, -0.2) is 38.4 Å². The summed E-state index contributed by atoms with van der Waals surface area (Å²) < 4.78 is 1.48. The number of benzene rings is 1. The number of rotatable bonds is 7. The second-order valence-corrected chi connectivity index (χ2v) is 5.04. The van der Waals surface area contributed by atoms with E-state index in [-0.39, 0.29) is 24.2 Å². The average molecular weight is 318 g/mol. The van der Waals surface area contributed by atoms with Crippen LogP contribution in [0.3, 0.4) is 0 Å². The predicted molar refractivity (Wildman–Crippen MR) is 83.5 cm³/mol. The zero-order chi connectivity index (χ0) is 16.8. The van der Waals surface area contributed by atoms with Crippen LogP contribution in [0.15, 0.2) is 36.7 Å². The van der Waals surface area contributed by atoms with Crippen molar-refractivity contribution in [2.75, 3.05) is 6.61 Å². The van der Waals surface area contributed by atoms with Gasteiger partial charge in [-0.05, 0) is 25.0 Å². The van der Waals surface area contributed by atoms with Crippen molar-refractivity contribution in [3.63, 3.8) is 0 Å². The molecule has 0 bridgehead atoms. The number of non-ortho nitro benzene ring substituents is 1. The van der Waals surface area contributed by atoms with Crippen LogP contribution in [0.5, 0.6) is 0 Å². The molecule has 0 saturated carbocycles. The van der Waals surface area contributed by atoms with E-state index in [1.807, 2.05) is 6.92 Å². The summed E-state index contributed by atoms with van der Waals surface area (Å²) in [6.45, 7) is 1.95. The molecule has 2 aromatic rings. The molecule has 0 fully saturated rings. The molecule has 1 atom stereocenters. The first-order chi connectivity index (χ1) is 11.0. The summed E-state index contributed by atoms with van der Waals surface area (Å²) >= 11 is 0. The molecule has 0 saturated heterocycles. The number of hydrogen-bond donors (Lipinski definition) is 2. The van der Waals surface area contributed by atoms with Crippen molar-refractivity contribution in [1.82, 2.24) is 15.1 Å². The van der Waals surface area contributed by atoms with E-state index in [1.54, 1.807) is 18.3 Å². The fraction of sp³-hybridized carbons (Fsp3) is 0.333. The first-order valence-electron chi connectivity index (χ1n) is 7.26. The number of nitrogens with zero attached hydrogens (tertiary/aromatic N) is 3. The largest absolute Gasteiger partial charge is 0.396 e. The summed E-state index contributed by atoms with van der Waals surface area (Å²) in [7, 11) is 0.